The molecule has 2 heterocycles. The van der Waals surface area contributed by atoms with Gasteiger partial charge in [0.05, 0.1) is 5.56 Å². The molecule has 0 aliphatic carbocycles. The maximum absolute atomic E-state index is 12.5. The summed E-state index contributed by atoms with van der Waals surface area (Å²) >= 11 is 0. The van der Waals surface area contributed by atoms with Crippen molar-refractivity contribution in [1.82, 2.24) is 14.6 Å². The van der Waals surface area contributed by atoms with Gasteiger partial charge in [-0.1, -0.05) is 12.1 Å². The van der Waals surface area contributed by atoms with Gasteiger partial charge in [0.2, 0.25) is 0 Å². The molecule has 0 atom stereocenters. The number of pyridine rings is 1. The number of aryl methyl sites for hydroxylation is 1. The first-order chi connectivity index (χ1) is 9.91. The van der Waals surface area contributed by atoms with E-state index in [1.165, 1.54) is 12.1 Å². The van der Waals surface area contributed by atoms with Gasteiger partial charge >= 0.3 is 6.18 Å². The third-order valence-electron chi connectivity index (χ3n) is 3.18. The van der Waals surface area contributed by atoms with Gasteiger partial charge in [-0.2, -0.15) is 18.3 Å². The lowest BCUT2D eigenvalue weighted by atomic mass is 10.1. The van der Waals surface area contributed by atoms with Gasteiger partial charge in [0.15, 0.2) is 11.5 Å². The van der Waals surface area contributed by atoms with E-state index in [1.807, 2.05) is 25.3 Å². The summed E-state index contributed by atoms with van der Waals surface area (Å²) in [4.78, 5) is 4.37. The molecule has 0 saturated heterocycles. The van der Waals surface area contributed by atoms with Crippen LogP contribution in [0.1, 0.15) is 22.5 Å². The average Bonchev–Trinajstić information content (AvgIpc) is 2.79. The fraction of sp³-hybridized carbons (Fsp3) is 0.200. The number of benzene rings is 1. The second-order valence-electron chi connectivity index (χ2n) is 4.91. The maximum atomic E-state index is 12.5. The van der Waals surface area contributed by atoms with Crippen LogP contribution < -0.4 is 0 Å². The number of alkyl halides is 3. The van der Waals surface area contributed by atoms with Crippen LogP contribution in [-0.4, -0.2) is 14.6 Å². The quantitative estimate of drug-likeness (QED) is 0.721. The van der Waals surface area contributed by atoms with Gasteiger partial charge in [0, 0.05) is 12.6 Å². The van der Waals surface area contributed by atoms with Crippen LogP contribution in [0.3, 0.4) is 0 Å². The minimum atomic E-state index is -4.31. The van der Waals surface area contributed by atoms with Gasteiger partial charge in [-0.25, -0.2) is 9.50 Å². The molecule has 0 aliphatic rings. The Hall–Kier alpha value is -2.37. The molecular weight excluding hydrogens is 279 g/mol. The topological polar surface area (TPSA) is 30.2 Å². The molecule has 3 aromatic rings. The molecule has 0 fully saturated rings. The number of nitrogens with zero attached hydrogens (tertiary/aromatic N) is 3. The van der Waals surface area contributed by atoms with Crippen molar-refractivity contribution in [1.29, 1.82) is 0 Å². The van der Waals surface area contributed by atoms with E-state index in [0.29, 0.717) is 12.2 Å². The highest BCUT2D eigenvalue weighted by Crippen LogP contribution is 2.29. The SMILES string of the molecule is Cc1ccn2nc(Cc3ccc(C(F)(F)F)cc3)nc2c1. The molecule has 3 nitrogen and oxygen atoms in total. The van der Waals surface area contributed by atoms with Crippen molar-refractivity contribution < 1.29 is 13.2 Å². The predicted octanol–water partition coefficient (Wildman–Crippen LogP) is 3.65. The molecule has 0 N–H and O–H groups in total. The molecule has 0 unspecified atom stereocenters. The number of fused-ring (bicyclic) bond motifs is 1. The summed E-state index contributed by atoms with van der Waals surface area (Å²) in [6, 6.07) is 8.90. The van der Waals surface area contributed by atoms with Crippen LogP contribution in [-0.2, 0) is 12.6 Å². The van der Waals surface area contributed by atoms with Gasteiger partial charge in [0.1, 0.15) is 0 Å². The van der Waals surface area contributed by atoms with Crippen LogP contribution in [0.4, 0.5) is 13.2 Å². The summed E-state index contributed by atoms with van der Waals surface area (Å²) in [7, 11) is 0. The Kier molecular flexibility index (Phi) is 3.16. The summed E-state index contributed by atoms with van der Waals surface area (Å²) in [5, 5.41) is 4.30. The zero-order valence-corrected chi connectivity index (χ0v) is 11.2. The number of hydrogen-bond acceptors (Lipinski definition) is 2. The first-order valence-electron chi connectivity index (χ1n) is 6.40. The molecule has 6 heteroatoms. The fourth-order valence-electron chi connectivity index (χ4n) is 2.10. The monoisotopic (exact) mass is 291 g/mol. The molecule has 21 heavy (non-hydrogen) atoms. The first kappa shape index (κ1) is 13.6. The third-order valence-corrected chi connectivity index (χ3v) is 3.18. The van der Waals surface area contributed by atoms with Gasteiger partial charge in [-0.15, -0.1) is 0 Å². The van der Waals surface area contributed by atoms with E-state index in [2.05, 4.69) is 10.1 Å². The number of halogens is 3. The zero-order chi connectivity index (χ0) is 15.0. The molecule has 2 aromatic heterocycles. The fourth-order valence-corrected chi connectivity index (χ4v) is 2.10. The largest absolute Gasteiger partial charge is 0.416 e. The zero-order valence-electron chi connectivity index (χ0n) is 11.2. The summed E-state index contributed by atoms with van der Waals surface area (Å²) in [6.45, 7) is 1.96. The van der Waals surface area contributed by atoms with Crippen molar-refractivity contribution in [3.63, 3.8) is 0 Å². The number of aromatic nitrogens is 3. The molecule has 0 bridgehead atoms. The molecule has 0 amide bonds. The van der Waals surface area contributed by atoms with E-state index in [4.69, 9.17) is 0 Å². The Balaban J connectivity index is 1.84. The van der Waals surface area contributed by atoms with Crippen LogP contribution in [0.5, 0.6) is 0 Å². The van der Waals surface area contributed by atoms with Gasteiger partial charge in [-0.05, 0) is 42.3 Å². The van der Waals surface area contributed by atoms with Crippen LogP contribution in [0.25, 0.3) is 5.65 Å². The van der Waals surface area contributed by atoms with Crippen LogP contribution in [0, 0.1) is 6.92 Å². The predicted molar refractivity (Wildman–Crippen MR) is 72.0 cm³/mol. The Morgan fingerprint density at radius 3 is 2.48 bits per heavy atom. The molecule has 0 radical (unpaired) electrons. The molecule has 3 rings (SSSR count). The Morgan fingerprint density at radius 2 is 1.81 bits per heavy atom. The van der Waals surface area contributed by atoms with Crippen molar-refractivity contribution in [2.75, 3.05) is 0 Å². The normalized spacial score (nSPS) is 12.0. The minimum absolute atomic E-state index is 0.402. The van der Waals surface area contributed by atoms with E-state index >= 15 is 0 Å². The number of rotatable bonds is 2. The molecule has 0 saturated carbocycles. The van der Waals surface area contributed by atoms with E-state index in [-0.39, 0.29) is 0 Å². The molecular formula is C15H12F3N3. The highest BCUT2D eigenvalue weighted by atomic mass is 19.4. The van der Waals surface area contributed by atoms with Gasteiger partial charge < -0.3 is 0 Å². The van der Waals surface area contributed by atoms with E-state index in [1.54, 1.807) is 4.52 Å². The van der Waals surface area contributed by atoms with Crippen molar-refractivity contribution in [3.8, 4) is 0 Å². The van der Waals surface area contributed by atoms with Crippen LogP contribution in [0.2, 0.25) is 0 Å². The highest BCUT2D eigenvalue weighted by molar-refractivity contribution is 5.40. The Labute approximate surface area is 119 Å². The Bertz CT molecular complexity index is 773. The minimum Gasteiger partial charge on any atom is -0.221 e. The molecule has 1 aromatic carbocycles. The summed E-state index contributed by atoms with van der Waals surface area (Å²) in [6.07, 6.45) is -2.09. The first-order valence-corrected chi connectivity index (χ1v) is 6.40. The van der Waals surface area contributed by atoms with E-state index in [9.17, 15) is 13.2 Å². The molecule has 0 spiro atoms. The van der Waals surface area contributed by atoms with Crippen molar-refractivity contribution in [2.24, 2.45) is 0 Å². The van der Waals surface area contributed by atoms with Gasteiger partial charge in [0.25, 0.3) is 0 Å². The smallest absolute Gasteiger partial charge is 0.221 e. The lowest BCUT2D eigenvalue weighted by molar-refractivity contribution is -0.137. The number of hydrogen-bond donors (Lipinski definition) is 0. The molecule has 108 valence electrons. The highest BCUT2D eigenvalue weighted by Gasteiger charge is 2.29. The van der Waals surface area contributed by atoms with Crippen molar-refractivity contribution in [3.05, 3.63) is 65.1 Å². The summed E-state index contributed by atoms with van der Waals surface area (Å²) in [5.74, 6) is 0.584. The van der Waals surface area contributed by atoms with Crippen LogP contribution in [0.15, 0.2) is 42.6 Å². The third kappa shape index (κ3) is 2.89. The van der Waals surface area contributed by atoms with E-state index < -0.39 is 11.7 Å². The van der Waals surface area contributed by atoms with Crippen molar-refractivity contribution in [2.45, 2.75) is 19.5 Å². The van der Waals surface area contributed by atoms with E-state index in [0.717, 1.165) is 28.9 Å². The average molecular weight is 291 g/mol. The summed E-state index contributed by atoms with van der Waals surface area (Å²) in [5.41, 5.74) is 1.91. The lowest BCUT2D eigenvalue weighted by Gasteiger charge is -2.06. The van der Waals surface area contributed by atoms with Crippen LogP contribution >= 0.6 is 0 Å². The maximum Gasteiger partial charge on any atom is 0.416 e. The van der Waals surface area contributed by atoms with Crippen molar-refractivity contribution >= 4 is 5.65 Å². The van der Waals surface area contributed by atoms with Gasteiger partial charge in [-0.3, -0.25) is 0 Å². The summed E-state index contributed by atoms with van der Waals surface area (Å²) < 4.78 is 39.1. The standard InChI is InChI=1S/C15H12F3N3/c1-10-6-7-21-14(8-10)19-13(20-21)9-11-2-4-12(5-3-11)15(16,17)18/h2-8H,9H2,1H3. The second-order valence-corrected chi connectivity index (χ2v) is 4.91. The second kappa shape index (κ2) is 4.87. The molecule has 0 aliphatic heterocycles. The lowest BCUT2D eigenvalue weighted by Crippen LogP contribution is -2.04. The Morgan fingerprint density at radius 1 is 1.10 bits per heavy atom.